The third kappa shape index (κ3) is 3.39. The molecule has 1 heterocycles. The number of benzene rings is 2. The summed E-state index contributed by atoms with van der Waals surface area (Å²) in [5, 5.41) is 15.4. The van der Waals surface area contributed by atoms with E-state index in [1.807, 2.05) is 13.0 Å². The Bertz CT molecular complexity index is 875. The Balaban J connectivity index is 2.06. The van der Waals surface area contributed by atoms with Crippen LogP contribution in [-0.4, -0.2) is 23.5 Å². The molecule has 2 amide bonds. The van der Waals surface area contributed by atoms with Crippen molar-refractivity contribution >= 4 is 11.8 Å². The Hall–Kier alpha value is -3.28. The van der Waals surface area contributed by atoms with Crippen LogP contribution < -0.4 is 15.4 Å². The number of aromatic hydroxyl groups is 1. The molecule has 1 aliphatic rings. The number of hydrogen-bond acceptors (Lipinski definition) is 4. The highest BCUT2D eigenvalue weighted by Crippen LogP contribution is 2.34. The fourth-order valence-corrected chi connectivity index (χ4v) is 2.97. The molecule has 6 nitrogen and oxygen atoms in total. The number of hydrogen-bond donors (Lipinski definition) is 3. The summed E-state index contributed by atoms with van der Waals surface area (Å²) in [6, 6.07) is 12.7. The van der Waals surface area contributed by atoms with E-state index in [2.05, 4.69) is 10.6 Å². The maximum atomic E-state index is 13.0. The van der Waals surface area contributed by atoms with Gasteiger partial charge in [0, 0.05) is 16.8 Å². The quantitative estimate of drug-likeness (QED) is 0.721. The number of ketones is 1. The SMILES string of the molecule is CCOc1cc(C2NC(=O)NC(C)=C2C(=O)c2ccccc2)ccc1O. The van der Waals surface area contributed by atoms with Crippen LogP contribution in [-0.2, 0) is 0 Å². The van der Waals surface area contributed by atoms with E-state index in [9.17, 15) is 14.7 Å². The highest BCUT2D eigenvalue weighted by molar-refractivity contribution is 6.11. The van der Waals surface area contributed by atoms with E-state index in [0.29, 0.717) is 34.8 Å². The minimum Gasteiger partial charge on any atom is -0.504 e. The first-order chi connectivity index (χ1) is 12.5. The van der Waals surface area contributed by atoms with Crippen LogP contribution in [0.4, 0.5) is 4.79 Å². The molecule has 134 valence electrons. The number of carbonyl (C=O) groups is 2. The first-order valence-electron chi connectivity index (χ1n) is 8.35. The van der Waals surface area contributed by atoms with Gasteiger partial charge in [-0.25, -0.2) is 4.79 Å². The second-order valence-corrected chi connectivity index (χ2v) is 5.93. The Morgan fingerprint density at radius 2 is 1.92 bits per heavy atom. The summed E-state index contributed by atoms with van der Waals surface area (Å²) in [6.45, 7) is 3.90. The number of urea groups is 1. The van der Waals surface area contributed by atoms with Crippen LogP contribution in [0, 0.1) is 0 Å². The summed E-state index contributed by atoms with van der Waals surface area (Å²) in [6.07, 6.45) is 0. The number of allylic oxidation sites excluding steroid dienone is 1. The van der Waals surface area contributed by atoms with Crippen LogP contribution in [0.15, 0.2) is 59.8 Å². The monoisotopic (exact) mass is 352 g/mol. The average Bonchev–Trinajstić information content (AvgIpc) is 2.63. The van der Waals surface area contributed by atoms with Crippen molar-refractivity contribution in [2.45, 2.75) is 19.9 Å². The lowest BCUT2D eigenvalue weighted by Gasteiger charge is -2.29. The maximum absolute atomic E-state index is 13.0. The van der Waals surface area contributed by atoms with Crippen molar-refractivity contribution in [3.8, 4) is 11.5 Å². The molecule has 0 aliphatic carbocycles. The molecule has 1 aliphatic heterocycles. The molecule has 26 heavy (non-hydrogen) atoms. The van der Waals surface area contributed by atoms with Crippen LogP contribution in [0.2, 0.25) is 0 Å². The molecule has 0 spiro atoms. The average molecular weight is 352 g/mol. The molecule has 3 N–H and O–H groups in total. The summed E-state index contributed by atoms with van der Waals surface area (Å²) in [7, 11) is 0. The number of amides is 2. The lowest BCUT2D eigenvalue weighted by atomic mass is 9.89. The third-order valence-corrected chi connectivity index (χ3v) is 4.17. The highest BCUT2D eigenvalue weighted by atomic mass is 16.5. The van der Waals surface area contributed by atoms with Crippen molar-refractivity contribution in [1.29, 1.82) is 0 Å². The molecular weight excluding hydrogens is 332 g/mol. The molecule has 0 aromatic heterocycles. The van der Waals surface area contributed by atoms with E-state index in [0.717, 1.165) is 0 Å². The molecule has 0 fully saturated rings. The first kappa shape index (κ1) is 17.5. The van der Waals surface area contributed by atoms with Crippen molar-refractivity contribution < 1.29 is 19.4 Å². The smallest absolute Gasteiger partial charge is 0.319 e. The van der Waals surface area contributed by atoms with Crippen molar-refractivity contribution in [3.63, 3.8) is 0 Å². The minimum absolute atomic E-state index is 0.00694. The van der Waals surface area contributed by atoms with Gasteiger partial charge in [0.25, 0.3) is 0 Å². The van der Waals surface area contributed by atoms with E-state index in [4.69, 9.17) is 4.74 Å². The number of Topliss-reactive ketones (excluding diaryl/α,β-unsaturated/α-hetero) is 1. The lowest BCUT2D eigenvalue weighted by Crippen LogP contribution is -2.45. The molecule has 0 radical (unpaired) electrons. The summed E-state index contributed by atoms with van der Waals surface area (Å²) in [4.78, 5) is 25.0. The predicted molar refractivity (Wildman–Crippen MR) is 97.2 cm³/mol. The fraction of sp³-hybridized carbons (Fsp3) is 0.200. The topological polar surface area (TPSA) is 87.7 Å². The van der Waals surface area contributed by atoms with Gasteiger partial charge in [0.05, 0.1) is 12.6 Å². The number of phenols is 1. The second-order valence-electron chi connectivity index (χ2n) is 5.93. The Kier molecular flexibility index (Phi) is 4.93. The standard InChI is InChI=1S/C20H20N2O4/c1-3-26-16-11-14(9-10-15(16)23)18-17(12(2)21-20(25)22-18)19(24)13-7-5-4-6-8-13/h4-11,18,23H,3H2,1-2H3,(H2,21,22,25). The first-order valence-corrected chi connectivity index (χ1v) is 8.35. The van der Waals surface area contributed by atoms with Gasteiger partial charge < -0.3 is 20.5 Å². The van der Waals surface area contributed by atoms with E-state index < -0.39 is 6.04 Å². The summed E-state index contributed by atoms with van der Waals surface area (Å²) in [5.41, 5.74) is 2.14. The van der Waals surface area contributed by atoms with Crippen molar-refractivity contribution in [2.24, 2.45) is 0 Å². The van der Waals surface area contributed by atoms with Gasteiger partial charge in [0.2, 0.25) is 0 Å². The number of carbonyl (C=O) groups excluding carboxylic acids is 2. The van der Waals surface area contributed by atoms with Crippen LogP contribution in [0.25, 0.3) is 0 Å². The summed E-state index contributed by atoms with van der Waals surface area (Å²) < 4.78 is 5.42. The molecule has 1 atom stereocenters. The van der Waals surface area contributed by atoms with Crippen molar-refractivity contribution in [3.05, 3.63) is 70.9 Å². The van der Waals surface area contributed by atoms with Gasteiger partial charge in [-0.3, -0.25) is 4.79 Å². The van der Waals surface area contributed by atoms with Crippen molar-refractivity contribution in [2.75, 3.05) is 6.61 Å². The zero-order chi connectivity index (χ0) is 18.7. The van der Waals surface area contributed by atoms with Crippen LogP contribution >= 0.6 is 0 Å². The van der Waals surface area contributed by atoms with Gasteiger partial charge in [-0.1, -0.05) is 36.4 Å². The zero-order valence-electron chi connectivity index (χ0n) is 14.6. The molecule has 2 aromatic rings. The van der Waals surface area contributed by atoms with Crippen LogP contribution in [0.5, 0.6) is 11.5 Å². The van der Waals surface area contributed by atoms with E-state index in [1.54, 1.807) is 43.3 Å². The largest absolute Gasteiger partial charge is 0.504 e. The Labute approximate surface area is 151 Å². The molecule has 1 unspecified atom stereocenters. The van der Waals surface area contributed by atoms with Gasteiger partial charge in [-0.05, 0) is 31.5 Å². The van der Waals surface area contributed by atoms with Crippen LogP contribution in [0.3, 0.4) is 0 Å². The minimum atomic E-state index is -0.642. The molecular formula is C20H20N2O4. The molecule has 6 heteroatoms. The van der Waals surface area contributed by atoms with E-state index in [1.165, 1.54) is 6.07 Å². The third-order valence-electron chi connectivity index (χ3n) is 4.17. The molecule has 0 saturated heterocycles. The Morgan fingerprint density at radius 3 is 2.62 bits per heavy atom. The molecule has 3 rings (SSSR count). The fourth-order valence-electron chi connectivity index (χ4n) is 2.97. The lowest BCUT2D eigenvalue weighted by molar-refractivity contribution is 0.102. The Morgan fingerprint density at radius 1 is 1.19 bits per heavy atom. The number of phenolic OH excluding ortho intramolecular Hbond substituents is 1. The van der Waals surface area contributed by atoms with Gasteiger partial charge >= 0.3 is 6.03 Å². The van der Waals surface area contributed by atoms with Gasteiger partial charge in [0.1, 0.15) is 0 Å². The number of rotatable bonds is 5. The normalized spacial score (nSPS) is 16.7. The molecule has 2 aromatic carbocycles. The predicted octanol–water partition coefficient (Wildman–Crippen LogP) is 3.30. The van der Waals surface area contributed by atoms with Gasteiger partial charge in [0.15, 0.2) is 17.3 Å². The summed E-state index contributed by atoms with van der Waals surface area (Å²) in [5.74, 6) is 0.140. The molecule has 0 saturated carbocycles. The van der Waals surface area contributed by atoms with Gasteiger partial charge in [-0.15, -0.1) is 0 Å². The number of nitrogens with one attached hydrogen (secondary N) is 2. The van der Waals surface area contributed by atoms with E-state index in [-0.39, 0.29) is 17.6 Å². The molecule has 0 bridgehead atoms. The van der Waals surface area contributed by atoms with Gasteiger partial charge in [-0.2, -0.15) is 0 Å². The van der Waals surface area contributed by atoms with Crippen LogP contribution in [0.1, 0.15) is 35.8 Å². The zero-order valence-corrected chi connectivity index (χ0v) is 14.6. The van der Waals surface area contributed by atoms with E-state index >= 15 is 0 Å². The summed E-state index contributed by atoms with van der Waals surface area (Å²) >= 11 is 0. The second kappa shape index (κ2) is 7.31. The van der Waals surface area contributed by atoms with Crippen molar-refractivity contribution in [1.82, 2.24) is 10.6 Å². The maximum Gasteiger partial charge on any atom is 0.319 e. The highest BCUT2D eigenvalue weighted by Gasteiger charge is 2.32. The number of ether oxygens (including phenoxy) is 1.